The van der Waals surface area contributed by atoms with Crippen LogP contribution >= 0.6 is 0 Å². The molecule has 1 aliphatic rings. The molecular formula is C20H28N4O2. The summed E-state index contributed by atoms with van der Waals surface area (Å²) in [5, 5.41) is 7.18. The molecule has 1 saturated heterocycles. The lowest BCUT2D eigenvalue weighted by Gasteiger charge is -2.30. The molecule has 3 rings (SSSR count). The van der Waals surface area contributed by atoms with Crippen molar-refractivity contribution in [2.24, 2.45) is 5.92 Å². The first-order valence-electron chi connectivity index (χ1n) is 9.47. The second-order valence-electron chi connectivity index (χ2n) is 7.25. The molecular weight excluding hydrogens is 328 g/mol. The van der Waals surface area contributed by atoms with Crippen LogP contribution in [0.3, 0.4) is 0 Å². The number of carbonyl (C=O) groups is 1. The maximum atomic E-state index is 12.2. The SMILES string of the molecule is CCC(C)NC(=O)C1CCN(Cc2nc(-c3ccc(C)cc3)no2)CC1. The van der Waals surface area contributed by atoms with E-state index < -0.39 is 0 Å². The molecule has 0 aliphatic carbocycles. The molecule has 6 nitrogen and oxygen atoms in total. The van der Waals surface area contributed by atoms with E-state index in [0.717, 1.165) is 37.9 Å². The number of nitrogens with zero attached hydrogens (tertiary/aromatic N) is 3. The topological polar surface area (TPSA) is 71.3 Å². The standard InChI is InChI=1S/C20H28N4O2/c1-4-15(3)21-20(25)17-9-11-24(12-10-17)13-18-22-19(23-26-18)16-7-5-14(2)6-8-16/h5-8,15,17H,4,9-13H2,1-3H3,(H,21,25). The van der Waals surface area contributed by atoms with Crippen LogP contribution in [0.5, 0.6) is 0 Å². The normalized spacial score (nSPS) is 17.2. The van der Waals surface area contributed by atoms with Crippen molar-refractivity contribution in [2.75, 3.05) is 13.1 Å². The van der Waals surface area contributed by atoms with E-state index in [1.807, 2.05) is 31.2 Å². The molecule has 26 heavy (non-hydrogen) atoms. The predicted molar refractivity (Wildman–Crippen MR) is 100 cm³/mol. The number of likely N-dealkylation sites (tertiary alicyclic amines) is 1. The number of nitrogens with one attached hydrogen (secondary N) is 1. The molecule has 0 bridgehead atoms. The van der Waals surface area contributed by atoms with Crippen molar-refractivity contribution in [3.8, 4) is 11.4 Å². The highest BCUT2D eigenvalue weighted by Gasteiger charge is 2.26. The third-order valence-electron chi connectivity index (χ3n) is 5.10. The zero-order chi connectivity index (χ0) is 18.5. The number of amides is 1. The average molecular weight is 356 g/mol. The molecule has 1 unspecified atom stereocenters. The second kappa shape index (κ2) is 8.45. The zero-order valence-corrected chi connectivity index (χ0v) is 15.9. The molecule has 2 aromatic rings. The number of aromatic nitrogens is 2. The number of hydrogen-bond donors (Lipinski definition) is 1. The lowest BCUT2D eigenvalue weighted by Crippen LogP contribution is -2.42. The van der Waals surface area contributed by atoms with Gasteiger partial charge in [0.15, 0.2) is 0 Å². The number of hydrogen-bond acceptors (Lipinski definition) is 5. The molecule has 140 valence electrons. The third-order valence-corrected chi connectivity index (χ3v) is 5.10. The Labute approximate surface area is 155 Å². The number of aryl methyl sites for hydroxylation is 1. The highest BCUT2D eigenvalue weighted by atomic mass is 16.5. The number of benzene rings is 1. The van der Waals surface area contributed by atoms with E-state index in [-0.39, 0.29) is 17.9 Å². The first-order chi connectivity index (χ1) is 12.5. The van der Waals surface area contributed by atoms with Crippen molar-refractivity contribution in [1.82, 2.24) is 20.4 Å². The Bertz CT molecular complexity index is 718. The smallest absolute Gasteiger partial charge is 0.241 e. The summed E-state index contributed by atoms with van der Waals surface area (Å²) in [5.74, 6) is 1.57. The lowest BCUT2D eigenvalue weighted by molar-refractivity contribution is -0.127. The van der Waals surface area contributed by atoms with Crippen LogP contribution in [-0.4, -0.2) is 40.1 Å². The van der Waals surface area contributed by atoms with Crippen molar-refractivity contribution in [3.05, 3.63) is 35.7 Å². The molecule has 1 amide bonds. The summed E-state index contributed by atoms with van der Waals surface area (Å²) in [5.41, 5.74) is 2.17. The Morgan fingerprint density at radius 1 is 1.31 bits per heavy atom. The van der Waals surface area contributed by atoms with Crippen LogP contribution in [-0.2, 0) is 11.3 Å². The van der Waals surface area contributed by atoms with Gasteiger partial charge < -0.3 is 9.84 Å². The molecule has 1 N–H and O–H groups in total. The summed E-state index contributed by atoms with van der Waals surface area (Å²) < 4.78 is 5.41. The molecule has 6 heteroatoms. The van der Waals surface area contributed by atoms with Gasteiger partial charge in [-0.25, -0.2) is 0 Å². The Balaban J connectivity index is 1.50. The summed E-state index contributed by atoms with van der Waals surface area (Å²) in [6.07, 6.45) is 2.72. The maximum absolute atomic E-state index is 12.2. The molecule has 0 radical (unpaired) electrons. The second-order valence-corrected chi connectivity index (χ2v) is 7.25. The van der Waals surface area contributed by atoms with Crippen LogP contribution in [0.25, 0.3) is 11.4 Å². The van der Waals surface area contributed by atoms with E-state index in [1.54, 1.807) is 0 Å². The van der Waals surface area contributed by atoms with Crippen molar-refractivity contribution >= 4 is 5.91 Å². The largest absolute Gasteiger partial charge is 0.353 e. The first-order valence-corrected chi connectivity index (χ1v) is 9.47. The molecule has 0 saturated carbocycles. The van der Waals surface area contributed by atoms with Crippen LogP contribution in [0.1, 0.15) is 44.6 Å². The molecule has 1 fully saturated rings. The Morgan fingerprint density at radius 2 is 2.00 bits per heavy atom. The van der Waals surface area contributed by atoms with Crippen LogP contribution in [0, 0.1) is 12.8 Å². The fourth-order valence-electron chi connectivity index (χ4n) is 3.15. The van der Waals surface area contributed by atoms with Gasteiger partial charge in [0.2, 0.25) is 17.6 Å². The van der Waals surface area contributed by atoms with Gasteiger partial charge in [0.25, 0.3) is 0 Å². The summed E-state index contributed by atoms with van der Waals surface area (Å²) in [7, 11) is 0. The van der Waals surface area contributed by atoms with E-state index >= 15 is 0 Å². The van der Waals surface area contributed by atoms with Crippen molar-refractivity contribution in [3.63, 3.8) is 0 Å². The number of piperidine rings is 1. The van der Waals surface area contributed by atoms with Crippen molar-refractivity contribution < 1.29 is 9.32 Å². The number of rotatable bonds is 6. The minimum Gasteiger partial charge on any atom is -0.353 e. The van der Waals surface area contributed by atoms with Gasteiger partial charge in [0, 0.05) is 17.5 Å². The Kier molecular flexibility index (Phi) is 6.04. The van der Waals surface area contributed by atoms with Gasteiger partial charge >= 0.3 is 0 Å². The molecule has 1 aromatic carbocycles. The van der Waals surface area contributed by atoms with Gasteiger partial charge in [-0.2, -0.15) is 4.98 Å². The molecule has 1 aromatic heterocycles. The highest BCUT2D eigenvalue weighted by molar-refractivity contribution is 5.79. The molecule has 2 heterocycles. The Morgan fingerprint density at radius 3 is 2.65 bits per heavy atom. The van der Waals surface area contributed by atoms with Crippen molar-refractivity contribution in [2.45, 2.75) is 52.6 Å². The molecule has 1 aliphatic heterocycles. The van der Waals surface area contributed by atoms with Gasteiger partial charge in [0.05, 0.1) is 6.54 Å². The van der Waals surface area contributed by atoms with Gasteiger partial charge in [-0.15, -0.1) is 0 Å². The van der Waals surface area contributed by atoms with Gasteiger partial charge in [0.1, 0.15) is 0 Å². The fourth-order valence-corrected chi connectivity index (χ4v) is 3.15. The van der Waals surface area contributed by atoms with Crippen LogP contribution < -0.4 is 5.32 Å². The molecule has 1 atom stereocenters. The van der Waals surface area contributed by atoms with Crippen LogP contribution in [0.2, 0.25) is 0 Å². The summed E-state index contributed by atoms with van der Waals surface area (Å²) >= 11 is 0. The minimum absolute atomic E-state index is 0.117. The van der Waals surface area contributed by atoms with E-state index in [0.29, 0.717) is 18.3 Å². The van der Waals surface area contributed by atoms with E-state index in [9.17, 15) is 4.79 Å². The quantitative estimate of drug-likeness (QED) is 0.861. The number of carbonyl (C=O) groups excluding carboxylic acids is 1. The average Bonchev–Trinajstić information content (AvgIpc) is 3.11. The van der Waals surface area contributed by atoms with Crippen LogP contribution in [0.15, 0.2) is 28.8 Å². The lowest BCUT2D eigenvalue weighted by atomic mass is 9.95. The van der Waals surface area contributed by atoms with E-state index in [4.69, 9.17) is 4.52 Å². The summed E-state index contributed by atoms with van der Waals surface area (Å²) in [6.45, 7) is 8.58. The predicted octanol–water partition coefficient (Wildman–Crippen LogP) is 3.17. The third kappa shape index (κ3) is 4.69. The summed E-state index contributed by atoms with van der Waals surface area (Å²) in [4.78, 5) is 19.0. The van der Waals surface area contributed by atoms with Crippen LogP contribution in [0.4, 0.5) is 0 Å². The van der Waals surface area contributed by atoms with Gasteiger partial charge in [-0.3, -0.25) is 9.69 Å². The first kappa shape index (κ1) is 18.6. The zero-order valence-electron chi connectivity index (χ0n) is 15.9. The molecule has 0 spiro atoms. The monoisotopic (exact) mass is 356 g/mol. The highest BCUT2D eigenvalue weighted by Crippen LogP contribution is 2.21. The van der Waals surface area contributed by atoms with Crippen molar-refractivity contribution in [1.29, 1.82) is 0 Å². The Hall–Kier alpha value is -2.21. The van der Waals surface area contributed by atoms with E-state index in [1.165, 1.54) is 5.56 Å². The summed E-state index contributed by atoms with van der Waals surface area (Å²) in [6, 6.07) is 8.34. The fraction of sp³-hybridized carbons (Fsp3) is 0.550. The maximum Gasteiger partial charge on any atom is 0.241 e. The van der Waals surface area contributed by atoms with E-state index in [2.05, 4.69) is 34.2 Å². The van der Waals surface area contributed by atoms with Gasteiger partial charge in [-0.05, 0) is 46.2 Å². The van der Waals surface area contributed by atoms with Gasteiger partial charge in [-0.1, -0.05) is 41.9 Å². The minimum atomic E-state index is 0.117.